The Kier molecular flexibility index (Phi) is 14.9. The lowest BCUT2D eigenvalue weighted by Crippen LogP contribution is -2.33. The summed E-state index contributed by atoms with van der Waals surface area (Å²) in [6, 6.07) is 15.7. The fourth-order valence-corrected chi connectivity index (χ4v) is 13.2. The van der Waals surface area contributed by atoms with E-state index in [1.165, 1.54) is 0 Å². The van der Waals surface area contributed by atoms with E-state index in [0.717, 1.165) is 21.2 Å². The van der Waals surface area contributed by atoms with Crippen molar-refractivity contribution in [2.45, 2.75) is 25.2 Å². The lowest BCUT2D eigenvalue weighted by atomic mass is 10.3. The van der Waals surface area contributed by atoms with Crippen LogP contribution in [0.5, 0.6) is 69.0 Å². The highest BCUT2D eigenvalue weighted by molar-refractivity contribution is 7.78. The highest BCUT2D eigenvalue weighted by atomic mass is 31.1. The predicted octanol–water partition coefficient (Wildman–Crippen LogP) is 6.13. The summed E-state index contributed by atoms with van der Waals surface area (Å²) in [5.74, 6) is 6.30. The highest BCUT2D eigenvalue weighted by Crippen LogP contribution is 2.59. The van der Waals surface area contributed by atoms with Crippen LogP contribution in [0.1, 0.15) is 13.8 Å². The van der Waals surface area contributed by atoms with E-state index in [1.54, 1.807) is 85.3 Å². The van der Waals surface area contributed by atoms with Crippen molar-refractivity contribution in [3.8, 4) is 69.0 Å². The van der Waals surface area contributed by atoms with E-state index in [0.29, 0.717) is 69.0 Å². The molecule has 12 nitrogen and oxygen atoms in total. The number of hydrogen-bond donors (Lipinski definition) is 0. The second kappa shape index (κ2) is 19.1. The fourth-order valence-electron chi connectivity index (χ4n) is 6.67. The first-order chi connectivity index (χ1) is 26.1. The maximum Gasteiger partial charge on any atom is 0.203 e. The number of rotatable bonds is 19. The lowest BCUT2D eigenvalue weighted by Gasteiger charge is -2.38. The van der Waals surface area contributed by atoms with Crippen LogP contribution in [-0.2, 0) is 0 Å². The Morgan fingerprint density at radius 1 is 0.278 bits per heavy atom. The third-order valence-electron chi connectivity index (χ3n) is 9.28. The first-order valence-corrected chi connectivity index (χ1v) is 19.7. The number of benzene rings is 4. The second-order valence-corrected chi connectivity index (χ2v) is 16.7. The minimum Gasteiger partial charge on any atom is -0.493 e. The lowest BCUT2D eigenvalue weighted by molar-refractivity contribution is 0.325. The van der Waals surface area contributed by atoms with Crippen LogP contribution in [0.4, 0.5) is 0 Å². The van der Waals surface area contributed by atoms with Crippen LogP contribution in [0.25, 0.3) is 0 Å². The Bertz CT molecular complexity index is 1620. The molecule has 2 atom stereocenters. The van der Waals surface area contributed by atoms with E-state index in [9.17, 15) is 0 Å². The van der Waals surface area contributed by atoms with Gasteiger partial charge in [-0.2, -0.15) is 0 Å². The molecule has 0 spiro atoms. The van der Waals surface area contributed by atoms with Crippen LogP contribution in [0.2, 0.25) is 0 Å². The van der Waals surface area contributed by atoms with Crippen LogP contribution in [0, 0.1) is 0 Å². The van der Waals surface area contributed by atoms with Crippen LogP contribution >= 0.6 is 15.8 Å². The summed E-state index contributed by atoms with van der Waals surface area (Å²) in [7, 11) is 16.6. The average molecular weight is 787 g/mol. The quantitative estimate of drug-likeness (QED) is 0.102. The number of hydrogen-bond acceptors (Lipinski definition) is 12. The summed E-state index contributed by atoms with van der Waals surface area (Å²) in [5, 5.41) is 3.62. The molecule has 0 saturated heterocycles. The molecule has 0 radical (unpaired) electrons. The zero-order valence-electron chi connectivity index (χ0n) is 33.6. The maximum absolute atomic E-state index is 6.15. The molecule has 0 N–H and O–H groups in total. The zero-order chi connectivity index (χ0) is 39.7. The number of ether oxygens (including phenoxy) is 12. The van der Waals surface area contributed by atoms with Crippen LogP contribution in [-0.4, -0.2) is 96.6 Å². The molecule has 0 aliphatic rings. The van der Waals surface area contributed by atoms with E-state index in [1.807, 2.05) is 48.5 Å². The van der Waals surface area contributed by atoms with Gasteiger partial charge in [0.25, 0.3) is 0 Å². The molecular weight excluding hydrogens is 734 g/mol. The van der Waals surface area contributed by atoms with Gasteiger partial charge in [-0.05, 0) is 75.7 Å². The fraction of sp³-hybridized carbons (Fsp3) is 0.400. The Labute approximate surface area is 321 Å². The van der Waals surface area contributed by atoms with Gasteiger partial charge in [-0.3, -0.25) is 0 Å². The standard InChI is InChI=1S/C40H52O12P2/c1-23(53(29-19-15-25(41-3)33(45-7)37(29)49-11)30-20-16-26(42-4)34(46-8)38(30)50-12)24(2)54(31-21-17-27(43-5)35(47-9)39(31)51-13)32-22-18-28(44-6)36(48-10)40(32)52-14/h15-24H,1-14H3. The Morgan fingerprint density at radius 3 is 0.611 bits per heavy atom. The van der Waals surface area contributed by atoms with E-state index >= 15 is 0 Å². The third-order valence-corrected chi connectivity index (χ3v) is 15.5. The van der Waals surface area contributed by atoms with Gasteiger partial charge in [-0.15, -0.1) is 0 Å². The SMILES string of the molecule is COc1ccc(P(c2ccc(OC)c(OC)c2OC)C(C)C(C)P(c2ccc(OC)c(OC)c2OC)c2ccc(OC)c(OC)c2OC)c(OC)c1OC. The molecule has 0 aliphatic carbocycles. The molecule has 0 aromatic heterocycles. The largest absolute Gasteiger partial charge is 0.493 e. The summed E-state index contributed by atoms with van der Waals surface area (Å²) in [6.45, 7) is 4.47. The molecule has 0 heterocycles. The van der Waals surface area contributed by atoms with Crippen molar-refractivity contribution in [2.75, 3.05) is 85.3 Å². The van der Waals surface area contributed by atoms with E-state index in [-0.39, 0.29) is 11.3 Å². The van der Waals surface area contributed by atoms with Crippen molar-refractivity contribution < 1.29 is 56.8 Å². The first kappa shape index (κ1) is 42.1. The molecule has 294 valence electrons. The molecule has 0 fully saturated rings. The van der Waals surface area contributed by atoms with Crippen molar-refractivity contribution in [3.05, 3.63) is 48.5 Å². The Hall–Kier alpha value is -4.66. The third kappa shape index (κ3) is 7.64. The van der Waals surface area contributed by atoms with Gasteiger partial charge in [0.2, 0.25) is 23.0 Å². The molecule has 4 aromatic carbocycles. The summed E-state index contributed by atoms with van der Waals surface area (Å²) in [6.07, 6.45) is 0. The van der Waals surface area contributed by atoms with Gasteiger partial charge in [0.15, 0.2) is 46.0 Å². The van der Waals surface area contributed by atoms with Crippen LogP contribution < -0.4 is 78.1 Å². The molecule has 2 unspecified atom stereocenters. The van der Waals surface area contributed by atoms with Gasteiger partial charge in [-0.25, -0.2) is 0 Å². The monoisotopic (exact) mass is 786 g/mol. The molecule has 0 amide bonds. The molecule has 14 heteroatoms. The maximum atomic E-state index is 6.15. The van der Waals surface area contributed by atoms with Crippen molar-refractivity contribution in [3.63, 3.8) is 0 Å². The van der Waals surface area contributed by atoms with Crippen molar-refractivity contribution in [1.82, 2.24) is 0 Å². The first-order valence-electron chi connectivity index (χ1n) is 16.9. The van der Waals surface area contributed by atoms with E-state index in [4.69, 9.17) is 56.8 Å². The van der Waals surface area contributed by atoms with Gasteiger partial charge in [0, 0.05) is 21.2 Å². The molecular formula is C40H52O12P2. The average Bonchev–Trinajstić information content (AvgIpc) is 3.21. The normalized spacial score (nSPS) is 12.1. The summed E-state index contributed by atoms with van der Waals surface area (Å²) >= 11 is 0. The minimum absolute atomic E-state index is 0.110. The number of methoxy groups -OCH3 is 12. The minimum atomic E-state index is -1.36. The Balaban J connectivity index is 2.16. The summed E-state index contributed by atoms with van der Waals surface area (Å²) in [4.78, 5) is 0. The summed E-state index contributed by atoms with van der Waals surface area (Å²) in [5.41, 5.74) is -0.221. The molecule has 0 aliphatic heterocycles. The molecule has 0 saturated carbocycles. The van der Waals surface area contributed by atoms with Crippen molar-refractivity contribution >= 4 is 37.1 Å². The van der Waals surface area contributed by atoms with Crippen molar-refractivity contribution in [1.29, 1.82) is 0 Å². The summed E-state index contributed by atoms with van der Waals surface area (Å²) < 4.78 is 71.0. The van der Waals surface area contributed by atoms with Crippen LogP contribution in [0.15, 0.2) is 48.5 Å². The topological polar surface area (TPSA) is 111 Å². The second-order valence-electron chi connectivity index (χ2n) is 11.6. The van der Waals surface area contributed by atoms with Gasteiger partial charge in [-0.1, -0.05) is 13.8 Å². The van der Waals surface area contributed by atoms with E-state index < -0.39 is 15.8 Å². The van der Waals surface area contributed by atoms with E-state index in [2.05, 4.69) is 13.8 Å². The Morgan fingerprint density at radius 2 is 0.463 bits per heavy atom. The van der Waals surface area contributed by atoms with Crippen molar-refractivity contribution in [2.24, 2.45) is 0 Å². The zero-order valence-corrected chi connectivity index (χ0v) is 35.4. The van der Waals surface area contributed by atoms with Crippen LogP contribution in [0.3, 0.4) is 0 Å². The predicted molar refractivity (Wildman–Crippen MR) is 216 cm³/mol. The van der Waals surface area contributed by atoms with Gasteiger partial charge < -0.3 is 56.8 Å². The highest BCUT2D eigenvalue weighted by Gasteiger charge is 2.40. The molecule has 0 bridgehead atoms. The molecule has 4 aromatic rings. The molecule has 4 rings (SSSR count). The van der Waals surface area contributed by atoms with Gasteiger partial charge in [0.05, 0.1) is 85.3 Å². The molecule has 54 heavy (non-hydrogen) atoms. The smallest absolute Gasteiger partial charge is 0.203 e. The van der Waals surface area contributed by atoms with Gasteiger partial charge >= 0.3 is 0 Å². The van der Waals surface area contributed by atoms with Gasteiger partial charge in [0.1, 0.15) is 0 Å².